The highest BCUT2D eigenvalue weighted by Gasteiger charge is 2.50. The van der Waals surface area contributed by atoms with Crippen LogP contribution in [0.2, 0.25) is 0 Å². The summed E-state index contributed by atoms with van der Waals surface area (Å²) in [5.74, 6) is -0.198. The van der Waals surface area contributed by atoms with Gasteiger partial charge in [-0.15, -0.1) is 0 Å². The number of carboxylic acids is 1. The van der Waals surface area contributed by atoms with E-state index in [1.54, 1.807) is 4.90 Å². The molecule has 3 aliphatic rings. The summed E-state index contributed by atoms with van der Waals surface area (Å²) in [6, 6.07) is 16.6. The fraction of sp³-hybridized carbons (Fsp3) is 0.464. The largest absolute Gasteiger partial charge is 0.481 e. The topological polar surface area (TPSA) is 95.9 Å². The normalized spacial score (nSPS) is 24.0. The van der Waals surface area contributed by atoms with E-state index in [0.29, 0.717) is 12.5 Å². The van der Waals surface area contributed by atoms with Gasteiger partial charge in [-0.1, -0.05) is 48.5 Å². The van der Waals surface area contributed by atoms with Gasteiger partial charge in [-0.05, 0) is 60.3 Å². The number of carboxylic acid groups (broad SMARTS) is 1. The summed E-state index contributed by atoms with van der Waals surface area (Å²) in [6.07, 6.45) is 1.98. The molecule has 2 aromatic carbocycles. The van der Waals surface area contributed by atoms with Crippen molar-refractivity contribution in [2.45, 2.75) is 44.6 Å². The number of hydrogen-bond donors (Lipinski definition) is 2. The van der Waals surface area contributed by atoms with Crippen molar-refractivity contribution in [2.75, 3.05) is 19.7 Å². The average Bonchev–Trinajstić information content (AvgIpc) is 3.36. The molecule has 0 spiro atoms. The highest BCUT2D eigenvalue weighted by molar-refractivity contribution is 5.80. The van der Waals surface area contributed by atoms with Gasteiger partial charge in [0.05, 0.1) is 6.42 Å². The van der Waals surface area contributed by atoms with E-state index < -0.39 is 12.1 Å². The van der Waals surface area contributed by atoms with Crippen molar-refractivity contribution in [3.63, 3.8) is 0 Å². The SMILES string of the molecule is CCN(CCC(=O)O)C(=O)C1C[C@@H]2C[C@H](NC(=O)OCC3c4ccccc4-c4ccccc43)[C@@H]2C1. The molecule has 184 valence electrons. The van der Waals surface area contributed by atoms with Crippen LogP contribution in [0.1, 0.15) is 49.7 Å². The molecule has 2 aromatic rings. The molecular formula is C28H32N2O5. The minimum absolute atomic E-state index is 0.0293. The second kappa shape index (κ2) is 9.72. The molecule has 0 bridgehead atoms. The Labute approximate surface area is 205 Å². The van der Waals surface area contributed by atoms with Crippen LogP contribution in [-0.2, 0) is 14.3 Å². The zero-order valence-corrected chi connectivity index (χ0v) is 20.0. The van der Waals surface area contributed by atoms with Gasteiger partial charge in [-0.3, -0.25) is 9.59 Å². The molecule has 5 rings (SSSR count). The first-order valence-electron chi connectivity index (χ1n) is 12.6. The van der Waals surface area contributed by atoms with Gasteiger partial charge >= 0.3 is 12.1 Å². The number of benzene rings is 2. The zero-order valence-electron chi connectivity index (χ0n) is 20.0. The van der Waals surface area contributed by atoms with Gasteiger partial charge < -0.3 is 20.1 Å². The number of rotatable bonds is 8. The summed E-state index contributed by atoms with van der Waals surface area (Å²) < 4.78 is 5.70. The van der Waals surface area contributed by atoms with Crippen LogP contribution in [0.15, 0.2) is 48.5 Å². The number of amides is 2. The number of aliphatic carboxylic acids is 1. The van der Waals surface area contributed by atoms with Crippen molar-refractivity contribution in [3.05, 3.63) is 59.7 Å². The Hall–Kier alpha value is -3.35. The van der Waals surface area contributed by atoms with Gasteiger partial charge in [0.2, 0.25) is 5.91 Å². The molecule has 0 aromatic heterocycles. The number of ether oxygens (including phenoxy) is 1. The highest BCUT2D eigenvalue weighted by Crippen LogP contribution is 2.50. The molecule has 0 radical (unpaired) electrons. The van der Waals surface area contributed by atoms with Crippen molar-refractivity contribution in [1.29, 1.82) is 0 Å². The van der Waals surface area contributed by atoms with E-state index in [-0.39, 0.29) is 49.3 Å². The Balaban J connectivity index is 1.14. The van der Waals surface area contributed by atoms with E-state index in [1.807, 2.05) is 31.2 Å². The average molecular weight is 477 g/mol. The third-order valence-corrected chi connectivity index (χ3v) is 8.11. The maximum atomic E-state index is 12.9. The Kier molecular flexibility index (Phi) is 6.50. The van der Waals surface area contributed by atoms with Gasteiger partial charge in [0.25, 0.3) is 0 Å². The number of carbonyl (C=O) groups is 3. The summed E-state index contributed by atoms with van der Waals surface area (Å²) in [5, 5.41) is 12.0. The third-order valence-electron chi connectivity index (χ3n) is 8.11. The number of carbonyl (C=O) groups excluding carboxylic acids is 2. The van der Waals surface area contributed by atoms with Gasteiger partial charge in [0.1, 0.15) is 6.61 Å². The number of fused-ring (bicyclic) bond motifs is 4. The van der Waals surface area contributed by atoms with Gasteiger partial charge in [-0.25, -0.2) is 4.79 Å². The minimum Gasteiger partial charge on any atom is -0.481 e. The molecule has 35 heavy (non-hydrogen) atoms. The summed E-state index contributed by atoms with van der Waals surface area (Å²) in [4.78, 5) is 38.1. The highest BCUT2D eigenvalue weighted by atomic mass is 16.5. The smallest absolute Gasteiger partial charge is 0.407 e. The number of nitrogens with one attached hydrogen (secondary N) is 1. The fourth-order valence-corrected chi connectivity index (χ4v) is 6.30. The van der Waals surface area contributed by atoms with E-state index in [0.717, 1.165) is 19.3 Å². The summed E-state index contributed by atoms with van der Waals surface area (Å²) in [6.45, 7) is 2.93. The maximum absolute atomic E-state index is 12.9. The Morgan fingerprint density at radius 3 is 2.29 bits per heavy atom. The Morgan fingerprint density at radius 2 is 1.66 bits per heavy atom. The van der Waals surface area contributed by atoms with E-state index in [9.17, 15) is 14.4 Å². The summed E-state index contributed by atoms with van der Waals surface area (Å²) in [5.41, 5.74) is 4.77. The van der Waals surface area contributed by atoms with E-state index in [4.69, 9.17) is 9.84 Å². The third kappa shape index (κ3) is 4.51. The molecule has 2 fully saturated rings. The van der Waals surface area contributed by atoms with Crippen LogP contribution in [0.5, 0.6) is 0 Å². The van der Waals surface area contributed by atoms with Crippen LogP contribution in [0.3, 0.4) is 0 Å². The van der Waals surface area contributed by atoms with Crippen LogP contribution in [0.4, 0.5) is 4.79 Å². The van der Waals surface area contributed by atoms with Crippen molar-refractivity contribution >= 4 is 18.0 Å². The van der Waals surface area contributed by atoms with Crippen molar-refractivity contribution < 1.29 is 24.2 Å². The van der Waals surface area contributed by atoms with E-state index in [2.05, 4.69) is 29.6 Å². The van der Waals surface area contributed by atoms with Crippen molar-refractivity contribution in [2.24, 2.45) is 17.8 Å². The fourth-order valence-electron chi connectivity index (χ4n) is 6.30. The monoisotopic (exact) mass is 476 g/mol. The van der Waals surface area contributed by atoms with E-state index >= 15 is 0 Å². The number of nitrogens with zero attached hydrogens (tertiary/aromatic N) is 1. The second-order valence-corrected chi connectivity index (χ2v) is 9.97. The van der Waals surface area contributed by atoms with Gasteiger partial charge in [0.15, 0.2) is 0 Å². The van der Waals surface area contributed by atoms with Crippen LogP contribution in [0, 0.1) is 17.8 Å². The molecule has 3 aliphatic carbocycles. The second-order valence-electron chi connectivity index (χ2n) is 9.97. The number of alkyl carbamates (subject to hydrolysis) is 1. The van der Waals surface area contributed by atoms with Crippen LogP contribution >= 0.6 is 0 Å². The summed E-state index contributed by atoms with van der Waals surface area (Å²) >= 11 is 0. The first-order valence-corrected chi connectivity index (χ1v) is 12.6. The molecule has 2 N–H and O–H groups in total. The van der Waals surface area contributed by atoms with Crippen LogP contribution in [-0.4, -0.2) is 53.7 Å². The van der Waals surface area contributed by atoms with Crippen LogP contribution in [0.25, 0.3) is 11.1 Å². The van der Waals surface area contributed by atoms with E-state index in [1.165, 1.54) is 22.3 Å². The lowest BCUT2D eigenvalue weighted by Gasteiger charge is -2.40. The van der Waals surface area contributed by atoms with Gasteiger partial charge in [-0.2, -0.15) is 0 Å². The molecule has 2 saturated carbocycles. The first-order chi connectivity index (χ1) is 17.0. The number of hydrogen-bond acceptors (Lipinski definition) is 4. The summed E-state index contributed by atoms with van der Waals surface area (Å²) in [7, 11) is 0. The molecule has 2 amide bonds. The van der Waals surface area contributed by atoms with Crippen LogP contribution < -0.4 is 5.32 Å². The lowest BCUT2D eigenvalue weighted by atomic mass is 9.71. The Morgan fingerprint density at radius 1 is 1.00 bits per heavy atom. The van der Waals surface area contributed by atoms with Gasteiger partial charge in [0, 0.05) is 31.0 Å². The molecule has 0 saturated heterocycles. The standard InChI is InChI=1S/C28H32N2O5/c1-2-30(12-11-26(31)32)27(33)18-13-17-15-25(23(17)14-18)29-28(34)35-16-24-21-9-5-3-7-19(21)20-8-4-6-10-22(20)24/h3-10,17-18,23-25H,2,11-16H2,1H3,(H,29,34)(H,31,32)/t17-,18?,23-,25+/m1/s1. The molecule has 1 unspecified atom stereocenters. The molecule has 7 heteroatoms. The molecule has 4 atom stereocenters. The van der Waals surface area contributed by atoms with Crippen molar-refractivity contribution in [3.8, 4) is 11.1 Å². The minimum atomic E-state index is -0.893. The first kappa shape index (κ1) is 23.4. The predicted octanol–water partition coefficient (Wildman–Crippen LogP) is 4.26. The van der Waals surface area contributed by atoms with Crippen molar-refractivity contribution in [1.82, 2.24) is 10.2 Å². The molecule has 0 aliphatic heterocycles. The lowest BCUT2D eigenvalue weighted by Crippen LogP contribution is -2.50. The molecular weight excluding hydrogens is 444 g/mol. The predicted molar refractivity (Wildman–Crippen MR) is 131 cm³/mol. The zero-order chi connectivity index (χ0) is 24.5. The maximum Gasteiger partial charge on any atom is 0.407 e. The molecule has 0 heterocycles. The Bertz CT molecular complexity index is 1090. The molecule has 7 nitrogen and oxygen atoms in total. The lowest BCUT2D eigenvalue weighted by molar-refractivity contribution is -0.139. The quantitative estimate of drug-likeness (QED) is 0.593.